The molecule has 0 spiro atoms. The molecule has 0 aliphatic carbocycles. The van der Waals surface area contributed by atoms with E-state index in [0.717, 1.165) is 39.5 Å². The summed E-state index contributed by atoms with van der Waals surface area (Å²) in [6.07, 6.45) is 5.36. The van der Waals surface area contributed by atoms with E-state index in [1.54, 1.807) is 29.0 Å². The molecule has 6 aromatic rings. The minimum atomic E-state index is -0.481. The van der Waals surface area contributed by atoms with Crippen molar-refractivity contribution in [1.29, 1.82) is 0 Å². The summed E-state index contributed by atoms with van der Waals surface area (Å²) in [6, 6.07) is 24.6. The largest absolute Gasteiger partial charge is 0.489 e. The van der Waals surface area contributed by atoms with Crippen LogP contribution in [-0.4, -0.2) is 31.0 Å². The summed E-state index contributed by atoms with van der Waals surface area (Å²) in [7, 11) is 0. The Morgan fingerprint density at radius 1 is 0.925 bits per heavy atom. The molecule has 0 radical (unpaired) electrons. The van der Waals surface area contributed by atoms with Gasteiger partial charge in [0.25, 0.3) is 5.56 Å². The fraction of sp³-hybridized carbons (Fsp3) is 0.0645. The third-order valence-electron chi connectivity index (χ3n) is 6.29. The second-order valence-corrected chi connectivity index (χ2v) is 10.0. The van der Waals surface area contributed by atoms with Gasteiger partial charge in [0.1, 0.15) is 18.1 Å². The molecule has 3 aromatic carbocycles. The molecule has 0 amide bonds. The maximum absolute atomic E-state index is 13.4. The SMILES string of the molecule is C=CCOc1ccc(-c2nn(-c3ccccc3)cc2/C=c2\sc3nc(=O)c(-c4ccccc4)nn3c2=O)cc1C. The van der Waals surface area contributed by atoms with Crippen LogP contribution in [0.1, 0.15) is 11.1 Å². The molecule has 3 aromatic heterocycles. The van der Waals surface area contributed by atoms with Gasteiger partial charge in [-0.2, -0.15) is 19.7 Å². The lowest BCUT2D eigenvalue weighted by molar-refractivity contribution is 0.361. The Morgan fingerprint density at radius 2 is 1.68 bits per heavy atom. The van der Waals surface area contributed by atoms with Gasteiger partial charge in [-0.3, -0.25) is 9.59 Å². The van der Waals surface area contributed by atoms with Gasteiger partial charge in [-0.05, 0) is 48.9 Å². The smallest absolute Gasteiger partial charge is 0.300 e. The van der Waals surface area contributed by atoms with Crippen molar-refractivity contribution in [1.82, 2.24) is 24.4 Å². The first-order valence-corrected chi connectivity index (χ1v) is 13.3. The van der Waals surface area contributed by atoms with Crippen LogP contribution >= 0.6 is 11.3 Å². The Morgan fingerprint density at radius 3 is 2.40 bits per heavy atom. The number of hydrogen-bond acceptors (Lipinski definition) is 7. The zero-order valence-electron chi connectivity index (χ0n) is 21.5. The molecule has 3 heterocycles. The molecular formula is C31H23N5O3S. The van der Waals surface area contributed by atoms with Crippen molar-refractivity contribution in [2.24, 2.45) is 0 Å². The lowest BCUT2D eigenvalue weighted by atomic mass is 10.0. The summed E-state index contributed by atoms with van der Waals surface area (Å²) in [4.78, 5) is 30.5. The number of fused-ring (bicyclic) bond motifs is 1. The van der Waals surface area contributed by atoms with E-state index in [0.29, 0.717) is 22.4 Å². The van der Waals surface area contributed by atoms with Crippen LogP contribution in [-0.2, 0) is 0 Å². The normalized spacial score (nSPS) is 11.7. The van der Waals surface area contributed by atoms with Crippen LogP contribution in [0.5, 0.6) is 5.75 Å². The highest BCUT2D eigenvalue weighted by molar-refractivity contribution is 7.15. The molecular weight excluding hydrogens is 522 g/mol. The second-order valence-electron chi connectivity index (χ2n) is 9.03. The Hall–Kier alpha value is -5.15. The van der Waals surface area contributed by atoms with Crippen molar-refractivity contribution < 1.29 is 4.74 Å². The van der Waals surface area contributed by atoms with Gasteiger partial charge in [-0.15, -0.1) is 0 Å². The molecule has 0 bridgehead atoms. The number of ether oxygens (including phenoxy) is 1. The van der Waals surface area contributed by atoms with Gasteiger partial charge in [0.2, 0.25) is 4.96 Å². The van der Waals surface area contributed by atoms with Gasteiger partial charge in [-0.1, -0.05) is 72.5 Å². The molecule has 0 unspecified atom stereocenters. The topological polar surface area (TPSA) is 91.4 Å². The van der Waals surface area contributed by atoms with Crippen LogP contribution in [0.25, 0.3) is 39.2 Å². The highest BCUT2D eigenvalue weighted by atomic mass is 32.1. The van der Waals surface area contributed by atoms with Gasteiger partial charge in [-0.25, -0.2) is 4.68 Å². The van der Waals surface area contributed by atoms with E-state index in [2.05, 4.69) is 16.7 Å². The molecule has 0 fully saturated rings. The summed E-state index contributed by atoms with van der Waals surface area (Å²) >= 11 is 1.12. The second kappa shape index (κ2) is 10.5. The van der Waals surface area contributed by atoms with Crippen molar-refractivity contribution in [3.63, 3.8) is 0 Å². The predicted octanol–water partition coefficient (Wildman–Crippen LogP) is 4.45. The van der Waals surface area contributed by atoms with Crippen LogP contribution in [0.3, 0.4) is 0 Å². The molecule has 8 nitrogen and oxygen atoms in total. The molecule has 0 saturated heterocycles. The molecule has 0 aliphatic rings. The number of thiazole rings is 1. The van der Waals surface area contributed by atoms with E-state index in [4.69, 9.17) is 9.84 Å². The molecule has 40 heavy (non-hydrogen) atoms. The minimum absolute atomic E-state index is 0.131. The van der Waals surface area contributed by atoms with Gasteiger partial charge >= 0.3 is 5.56 Å². The lowest BCUT2D eigenvalue weighted by Gasteiger charge is -2.08. The first-order valence-electron chi connectivity index (χ1n) is 12.5. The van der Waals surface area contributed by atoms with Gasteiger partial charge in [0.15, 0.2) is 5.69 Å². The number of benzene rings is 3. The monoisotopic (exact) mass is 545 g/mol. The van der Waals surface area contributed by atoms with Crippen LogP contribution in [0.2, 0.25) is 0 Å². The van der Waals surface area contributed by atoms with Crippen LogP contribution in [0.4, 0.5) is 0 Å². The molecule has 0 saturated carbocycles. The summed E-state index contributed by atoms with van der Waals surface area (Å²) in [6.45, 7) is 6.09. The third-order valence-corrected chi connectivity index (χ3v) is 7.25. The average Bonchev–Trinajstić information content (AvgIpc) is 3.53. The first-order chi connectivity index (χ1) is 19.5. The summed E-state index contributed by atoms with van der Waals surface area (Å²) in [5.41, 5.74) is 4.03. The van der Waals surface area contributed by atoms with E-state index in [-0.39, 0.29) is 16.2 Å². The number of aromatic nitrogens is 5. The van der Waals surface area contributed by atoms with Crippen molar-refractivity contribution in [2.75, 3.05) is 6.61 Å². The molecule has 196 valence electrons. The van der Waals surface area contributed by atoms with Crippen molar-refractivity contribution in [3.05, 3.63) is 134 Å². The molecule has 6 rings (SSSR count). The fourth-order valence-electron chi connectivity index (χ4n) is 4.36. The minimum Gasteiger partial charge on any atom is -0.489 e. The van der Waals surface area contributed by atoms with Crippen molar-refractivity contribution >= 4 is 22.4 Å². The van der Waals surface area contributed by atoms with Crippen LogP contribution in [0.15, 0.2) is 107 Å². The van der Waals surface area contributed by atoms with E-state index in [1.165, 1.54) is 4.52 Å². The van der Waals surface area contributed by atoms with Gasteiger partial charge in [0, 0.05) is 22.9 Å². The Labute approximate surface area is 232 Å². The third kappa shape index (κ3) is 4.74. The molecule has 0 aliphatic heterocycles. The Kier molecular flexibility index (Phi) is 6.63. The highest BCUT2D eigenvalue weighted by Gasteiger charge is 2.16. The molecule has 0 atom stereocenters. The zero-order chi connectivity index (χ0) is 27.6. The predicted molar refractivity (Wildman–Crippen MR) is 157 cm³/mol. The molecule has 0 N–H and O–H groups in total. The van der Waals surface area contributed by atoms with Crippen LogP contribution < -0.4 is 20.4 Å². The maximum Gasteiger partial charge on any atom is 0.300 e. The van der Waals surface area contributed by atoms with Crippen LogP contribution in [0, 0.1) is 6.92 Å². The fourth-order valence-corrected chi connectivity index (χ4v) is 5.26. The number of para-hydroxylation sites is 1. The maximum atomic E-state index is 13.4. The van der Waals surface area contributed by atoms with Crippen molar-refractivity contribution in [3.8, 4) is 34.0 Å². The number of nitrogens with zero attached hydrogens (tertiary/aromatic N) is 5. The Balaban J connectivity index is 1.51. The number of aryl methyl sites for hydroxylation is 1. The Bertz CT molecular complexity index is 2030. The standard InChI is InChI=1S/C31H23N5O3S/c1-3-16-39-25-15-14-22(17-20(25)2)27-23(19-35(33-27)24-12-8-5-9-13-24)18-26-30(38)36-31(40-26)32-29(37)28(34-36)21-10-6-4-7-11-21/h3-15,17-19H,1,16H2,2H3/b26-18-. The number of hydrogen-bond donors (Lipinski definition) is 0. The van der Waals surface area contributed by atoms with Gasteiger partial charge < -0.3 is 4.74 Å². The summed E-state index contributed by atoms with van der Waals surface area (Å²) in [5, 5.41) is 9.24. The van der Waals surface area contributed by atoms with Gasteiger partial charge in [0.05, 0.1) is 10.2 Å². The summed E-state index contributed by atoms with van der Waals surface area (Å²) < 4.78 is 9.11. The van der Waals surface area contributed by atoms with E-state index in [9.17, 15) is 9.59 Å². The molecule has 9 heteroatoms. The zero-order valence-corrected chi connectivity index (χ0v) is 22.3. The van der Waals surface area contributed by atoms with Crippen molar-refractivity contribution in [2.45, 2.75) is 6.92 Å². The first kappa shape index (κ1) is 25.1. The number of rotatable bonds is 7. The van der Waals surface area contributed by atoms with E-state index in [1.807, 2.05) is 79.9 Å². The van der Waals surface area contributed by atoms with E-state index >= 15 is 0 Å². The highest BCUT2D eigenvalue weighted by Crippen LogP contribution is 2.29. The quantitative estimate of drug-likeness (QED) is 0.275. The average molecular weight is 546 g/mol. The lowest BCUT2D eigenvalue weighted by Crippen LogP contribution is -2.26. The summed E-state index contributed by atoms with van der Waals surface area (Å²) in [5.74, 6) is 0.763. The van der Waals surface area contributed by atoms with E-state index < -0.39 is 5.56 Å².